The zero-order chi connectivity index (χ0) is 62.6. The number of benzene rings is 6. The number of aryl methyl sites for hydroxylation is 17. The number of nitrogen functional groups attached to an aromatic ring is 6. The maximum Gasteiger partial charge on any atom is 0.0514 e. The van der Waals surface area contributed by atoms with Crippen LogP contribution in [0.2, 0.25) is 0 Å². The number of anilines is 6. The fraction of sp³-hybridized carbons (Fsp3) is 0.342. The smallest absolute Gasteiger partial charge is 0.0514 e. The minimum Gasteiger partial charge on any atom is -0.398 e. The van der Waals surface area contributed by atoms with Gasteiger partial charge in [-0.05, 0) is 224 Å². The third kappa shape index (κ3) is 12.6. The van der Waals surface area contributed by atoms with Crippen LogP contribution in [-0.4, -0.2) is 29.9 Å². The highest BCUT2D eigenvalue weighted by Crippen LogP contribution is 2.36. The van der Waals surface area contributed by atoms with Gasteiger partial charge in [-0.3, -0.25) is 0 Å². The van der Waals surface area contributed by atoms with E-state index in [9.17, 15) is 0 Å². The van der Waals surface area contributed by atoms with Gasteiger partial charge in [0.15, 0.2) is 0 Å². The predicted octanol–water partition coefficient (Wildman–Crippen LogP) is 18.1. The lowest BCUT2D eigenvalue weighted by molar-refractivity contribution is 0.873. The maximum atomic E-state index is 6.05. The van der Waals surface area contributed by atoms with Crippen molar-refractivity contribution in [3.8, 4) is 0 Å². The second kappa shape index (κ2) is 26.5. The lowest BCUT2D eigenvalue weighted by Gasteiger charge is -2.08. The number of aromatic amines is 6. The van der Waals surface area contributed by atoms with Crippen molar-refractivity contribution >= 4 is 99.5 Å². The molecule has 6 aromatic heterocycles. The van der Waals surface area contributed by atoms with E-state index in [0.29, 0.717) is 5.92 Å². The molecule has 18 N–H and O–H groups in total. The van der Waals surface area contributed by atoms with Gasteiger partial charge in [0.1, 0.15) is 0 Å². The first-order valence-corrected chi connectivity index (χ1v) is 30.4. The average Bonchev–Trinajstić information content (AvgIpc) is 3.13. The summed E-state index contributed by atoms with van der Waals surface area (Å²) in [6.45, 7) is 40.5. The number of H-pyrrole nitrogens is 6. The topological polar surface area (TPSA) is 251 Å². The number of fused-ring (bicyclic) bond motifs is 6. The van der Waals surface area contributed by atoms with Gasteiger partial charge in [0, 0.05) is 101 Å². The molecule has 12 heteroatoms. The third-order valence-electron chi connectivity index (χ3n) is 17.7. The summed E-state index contributed by atoms with van der Waals surface area (Å²) in [4.78, 5) is 20.5. The van der Waals surface area contributed by atoms with Gasteiger partial charge >= 0.3 is 0 Å². The second-order valence-electron chi connectivity index (χ2n) is 23.5. The van der Waals surface area contributed by atoms with E-state index in [1.807, 2.05) is 42.5 Å². The third-order valence-corrected chi connectivity index (χ3v) is 17.7. The Labute approximate surface area is 504 Å². The second-order valence-corrected chi connectivity index (χ2v) is 23.5. The Balaban J connectivity index is 0.000000146. The van der Waals surface area contributed by atoms with Gasteiger partial charge in [0.25, 0.3) is 0 Å². The first kappa shape index (κ1) is 63.9. The Morgan fingerprint density at radius 2 is 0.529 bits per heavy atom. The van der Waals surface area contributed by atoms with Crippen LogP contribution in [0.1, 0.15) is 155 Å². The number of nitrogens with one attached hydrogen (secondary N) is 6. The van der Waals surface area contributed by atoms with Crippen LogP contribution in [0.3, 0.4) is 0 Å². The molecule has 6 heterocycles. The van der Waals surface area contributed by atoms with Crippen molar-refractivity contribution in [1.82, 2.24) is 29.9 Å². The average molecular weight is 1140 g/mol. The Morgan fingerprint density at radius 3 is 0.871 bits per heavy atom. The normalized spacial score (nSPS) is 11.2. The summed E-state index contributed by atoms with van der Waals surface area (Å²) in [5.41, 5.74) is 71.4. The Hall–Kier alpha value is -8.64. The van der Waals surface area contributed by atoms with Gasteiger partial charge in [0.05, 0.1) is 33.1 Å². The van der Waals surface area contributed by atoms with Crippen LogP contribution in [0.5, 0.6) is 0 Å². The highest BCUT2D eigenvalue weighted by molar-refractivity contribution is 6.01. The molecule has 0 aliphatic rings. The van der Waals surface area contributed by atoms with Crippen molar-refractivity contribution in [3.63, 3.8) is 0 Å². The van der Waals surface area contributed by atoms with E-state index < -0.39 is 0 Å². The zero-order valence-electron chi connectivity index (χ0n) is 54.5. The van der Waals surface area contributed by atoms with Crippen LogP contribution in [0.15, 0.2) is 72.8 Å². The summed E-state index contributed by atoms with van der Waals surface area (Å²) in [6, 6.07) is 24.6. The number of hydrogen-bond donors (Lipinski definition) is 12. The fourth-order valence-corrected chi connectivity index (χ4v) is 12.2. The number of aromatic nitrogens is 6. The van der Waals surface area contributed by atoms with Gasteiger partial charge in [-0.25, -0.2) is 0 Å². The molecule has 0 radical (unpaired) electrons. The maximum absolute atomic E-state index is 6.05. The first-order valence-electron chi connectivity index (χ1n) is 30.4. The molecule has 0 saturated heterocycles. The molecule has 0 aliphatic heterocycles. The van der Waals surface area contributed by atoms with Gasteiger partial charge in [-0.15, -0.1) is 0 Å². The molecular formula is C73H98N12. The summed E-state index contributed by atoms with van der Waals surface area (Å²) in [5.74, 6) is 0.519. The molecule has 12 rings (SSSR count). The monoisotopic (exact) mass is 1140 g/mol. The van der Waals surface area contributed by atoms with Crippen molar-refractivity contribution in [2.75, 3.05) is 34.4 Å². The Kier molecular flexibility index (Phi) is 19.9. The number of hydrogen-bond acceptors (Lipinski definition) is 6. The van der Waals surface area contributed by atoms with E-state index in [1.165, 1.54) is 166 Å². The molecule has 0 bridgehead atoms. The lowest BCUT2D eigenvalue weighted by atomic mass is 9.98. The van der Waals surface area contributed by atoms with E-state index in [0.717, 1.165) is 66.2 Å². The van der Waals surface area contributed by atoms with E-state index in [1.54, 1.807) is 0 Å². The van der Waals surface area contributed by atoms with Crippen molar-refractivity contribution in [3.05, 3.63) is 174 Å². The van der Waals surface area contributed by atoms with Crippen LogP contribution < -0.4 is 34.4 Å². The van der Waals surface area contributed by atoms with Crippen LogP contribution in [0.4, 0.5) is 34.1 Å². The largest absolute Gasteiger partial charge is 0.398 e. The number of nitrogens with two attached hydrogens (primary N) is 6. The van der Waals surface area contributed by atoms with Gasteiger partial charge in [-0.2, -0.15) is 0 Å². The van der Waals surface area contributed by atoms with Crippen LogP contribution in [-0.2, 0) is 32.1 Å². The van der Waals surface area contributed by atoms with Crippen molar-refractivity contribution < 1.29 is 0 Å². The SMILES string of the molecule is CCc1c(C)[nH]c2c(C)ccc(N)c12.CCc1ccc(N)c2c(C)c(C)[nH]c12.CCc1ccc(N)c2c(C)c(C)[nH]c12.CCc1ccc(N)c2c(CC)c(C)[nH]c12.Cc1[nH]c2c(C(C)C)ccc(N)c2c1C.Cc1[nH]c2c(C)ccc(N)c2c1C. The summed E-state index contributed by atoms with van der Waals surface area (Å²) in [7, 11) is 0. The van der Waals surface area contributed by atoms with Crippen LogP contribution in [0, 0.1) is 83.1 Å². The molecule has 12 aromatic rings. The molecule has 450 valence electrons. The van der Waals surface area contributed by atoms with Gasteiger partial charge < -0.3 is 64.3 Å². The molecule has 85 heavy (non-hydrogen) atoms. The molecule has 0 saturated carbocycles. The summed E-state index contributed by atoms with van der Waals surface area (Å²) < 4.78 is 0. The Morgan fingerprint density at radius 1 is 0.282 bits per heavy atom. The predicted molar refractivity (Wildman–Crippen MR) is 374 cm³/mol. The van der Waals surface area contributed by atoms with Crippen LogP contribution >= 0.6 is 0 Å². The zero-order valence-corrected chi connectivity index (χ0v) is 54.5. The Bertz CT molecular complexity index is 4250. The standard InChI is InChI=1S/2C13H18N2.3C12H16N2.C11H14N2/c1-7(2)10-5-6-11(14)12-8(3)9(4)15-13(10)12;1-4-9-6-7-11(14)12-10(5-2)8(3)15-13(9)12;2*1-4-9-5-6-10(13)11-7(2)8(3)14-12(9)11;1-4-9-8(3)14-12-7(2)5-6-10(13)11(9)12;1-6-4-5-9(12)10-7(2)8(3)13-11(6)10/h5-7,15H,14H2,1-4H3;6-7,15H,4-5,14H2,1-3H3;3*5-6,14H,4,13H2,1-3H3;4-5,13H,12H2,1-3H3. The van der Waals surface area contributed by atoms with E-state index >= 15 is 0 Å². The molecule has 0 unspecified atom stereocenters. The quantitative estimate of drug-likeness (QED) is 0.0721. The minimum atomic E-state index is 0.519. The molecule has 0 fully saturated rings. The summed E-state index contributed by atoms with van der Waals surface area (Å²) in [6.07, 6.45) is 5.18. The molecule has 12 nitrogen and oxygen atoms in total. The van der Waals surface area contributed by atoms with Gasteiger partial charge in [-0.1, -0.05) is 84.9 Å². The molecule has 0 aliphatic carbocycles. The van der Waals surface area contributed by atoms with E-state index in [2.05, 4.69) is 192 Å². The minimum absolute atomic E-state index is 0.519. The number of rotatable bonds is 6. The van der Waals surface area contributed by atoms with E-state index in [-0.39, 0.29) is 0 Å². The fourth-order valence-electron chi connectivity index (χ4n) is 12.2. The molecule has 0 spiro atoms. The lowest BCUT2D eigenvalue weighted by Crippen LogP contribution is -1.93. The van der Waals surface area contributed by atoms with E-state index in [4.69, 9.17) is 34.4 Å². The van der Waals surface area contributed by atoms with Crippen molar-refractivity contribution in [2.45, 2.75) is 170 Å². The van der Waals surface area contributed by atoms with Gasteiger partial charge in [0.2, 0.25) is 0 Å². The molecular weight excluding hydrogens is 1040 g/mol. The van der Waals surface area contributed by atoms with Crippen molar-refractivity contribution in [2.24, 2.45) is 0 Å². The first-order chi connectivity index (χ1) is 40.3. The summed E-state index contributed by atoms with van der Waals surface area (Å²) >= 11 is 0. The molecule has 6 aromatic carbocycles. The molecule has 0 atom stereocenters. The van der Waals surface area contributed by atoms with Crippen molar-refractivity contribution in [1.29, 1.82) is 0 Å². The summed E-state index contributed by atoms with van der Waals surface area (Å²) in [5, 5.41) is 7.21. The highest BCUT2D eigenvalue weighted by atomic mass is 14.8. The highest BCUT2D eigenvalue weighted by Gasteiger charge is 2.16. The van der Waals surface area contributed by atoms with Crippen LogP contribution in [0.25, 0.3) is 65.4 Å². The molecule has 0 amide bonds.